The Hall–Kier alpha value is -2.48. The minimum atomic E-state index is -0.435. The molecule has 0 saturated carbocycles. The van der Waals surface area contributed by atoms with Crippen LogP contribution in [0.5, 0.6) is 0 Å². The van der Waals surface area contributed by atoms with Gasteiger partial charge in [0.15, 0.2) is 0 Å². The summed E-state index contributed by atoms with van der Waals surface area (Å²) in [5.74, 6) is 0.335. The maximum Gasteiger partial charge on any atom is 0.284 e. The summed E-state index contributed by atoms with van der Waals surface area (Å²) in [6, 6.07) is 4.64. The Morgan fingerprint density at radius 3 is 2.89 bits per heavy atom. The number of nitrogens with one attached hydrogen (secondary N) is 2. The van der Waals surface area contributed by atoms with Gasteiger partial charge in [0.05, 0.1) is 10.4 Å². The molecule has 0 bridgehead atoms. The number of rotatable bonds is 2. The van der Waals surface area contributed by atoms with Gasteiger partial charge in [0.2, 0.25) is 0 Å². The summed E-state index contributed by atoms with van der Waals surface area (Å²) in [5.41, 5.74) is 2.24. The SMILES string of the molecule is Cc1c(-c2n[nH]c(=S)o2)[nH]c2cc([N+](=O)[O-])ccc12. The van der Waals surface area contributed by atoms with E-state index in [0.29, 0.717) is 17.1 Å². The summed E-state index contributed by atoms with van der Waals surface area (Å²) in [7, 11) is 0. The van der Waals surface area contributed by atoms with Crippen molar-refractivity contribution in [2.24, 2.45) is 0 Å². The second-order valence-corrected chi connectivity index (χ2v) is 4.40. The quantitative estimate of drug-likeness (QED) is 0.425. The second kappa shape index (κ2) is 4.02. The lowest BCUT2D eigenvalue weighted by Crippen LogP contribution is -1.86. The van der Waals surface area contributed by atoms with Crippen molar-refractivity contribution in [2.75, 3.05) is 0 Å². The molecular weight excluding hydrogens is 268 g/mol. The number of H-pyrrole nitrogens is 2. The van der Waals surface area contributed by atoms with Crippen molar-refractivity contribution in [1.82, 2.24) is 15.2 Å². The van der Waals surface area contributed by atoms with Gasteiger partial charge in [-0.3, -0.25) is 10.1 Å². The molecule has 7 nitrogen and oxygen atoms in total. The van der Waals surface area contributed by atoms with E-state index in [-0.39, 0.29) is 10.5 Å². The smallest absolute Gasteiger partial charge is 0.284 e. The Morgan fingerprint density at radius 1 is 1.47 bits per heavy atom. The first-order valence-electron chi connectivity index (χ1n) is 5.39. The van der Waals surface area contributed by atoms with Crippen LogP contribution in [0.1, 0.15) is 5.56 Å². The van der Waals surface area contributed by atoms with Crippen molar-refractivity contribution in [3.8, 4) is 11.6 Å². The zero-order valence-corrected chi connectivity index (χ0v) is 10.6. The Kier molecular flexibility index (Phi) is 2.46. The summed E-state index contributed by atoms with van der Waals surface area (Å²) in [6.07, 6.45) is 0. The number of hydrogen-bond donors (Lipinski definition) is 2. The van der Waals surface area contributed by atoms with Crippen LogP contribution in [-0.2, 0) is 0 Å². The summed E-state index contributed by atoms with van der Waals surface area (Å²) in [6.45, 7) is 1.88. The predicted molar refractivity (Wildman–Crippen MR) is 70.4 cm³/mol. The van der Waals surface area contributed by atoms with Crippen LogP contribution in [0.15, 0.2) is 22.6 Å². The summed E-state index contributed by atoms with van der Waals surface area (Å²) < 4.78 is 5.24. The lowest BCUT2D eigenvalue weighted by atomic mass is 10.1. The molecule has 2 heterocycles. The molecule has 0 atom stereocenters. The van der Waals surface area contributed by atoms with Crippen LogP contribution in [0.2, 0.25) is 0 Å². The number of benzene rings is 1. The van der Waals surface area contributed by atoms with Gasteiger partial charge in [0.1, 0.15) is 5.69 Å². The molecule has 8 heteroatoms. The molecule has 0 spiro atoms. The Balaban J connectivity index is 2.25. The van der Waals surface area contributed by atoms with E-state index in [1.807, 2.05) is 6.92 Å². The molecule has 96 valence electrons. The van der Waals surface area contributed by atoms with Crippen molar-refractivity contribution in [1.29, 1.82) is 0 Å². The van der Waals surface area contributed by atoms with Gasteiger partial charge in [0.25, 0.3) is 16.4 Å². The standard InChI is InChI=1S/C11H8N4O3S/c1-5-7-3-2-6(15(16)17)4-8(7)12-9(5)10-13-14-11(19)18-10/h2-4,12H,1H3,(H,14,19). The number of non-ortho nitro benzene ring substituents is 1. The average Bonchev–Trinajstić information content (AvgIpc) is 2.93. The monoisotopic (exact) mass is 276 g/mol. The largest absolute Gasteiger partial charge is 0.408 e. The number of nitrogens with zero attached hydrogens (tertiary/aromatic N) is 2. The zero-order valence-electron chi connectivity index (χ0n) is 9.76. The first-order valence-corrected chi connectivity index (χ1v) is 5.79. The highest BCUT2D eigenvalue weighted by molar-refractivity contribution is 7.71. The van der Waals surface area contributed by atoms with Crippen LogP contribution in [0.4, 0.5) is 5.69 Å². The maximum atomic E-state index is 10.8. The van der Waals surface area contributed by atoms with Crippen LogP contribution in [0.3, 0.4) is 0 Å². The Morgan fingerprint density at radius 2 is 2.26 bits per heavy atom. The van der Waals surface area contributed by atoms with E-state index < -0.39 is 4.92 Å². The molecule has 0 amide bonds. The third kappa shape index (κ3) is 1.82. The lowest BCUT2D eigenvalue weighted by molar-refractivity contribution is -0.384. The molecule has 0 unspecified atom stereocenters. The van der Waals surface area contributed by atoms with E-state index >= 15 is 0 Å². The van der Waals surface area contributed by atoms with E-state index in [9.17, 15) is 10.1 Å². The van der Waals surface area contributed by atoms with Crippen LogP contribution in [-0.4, -0.2) is 20.1 Å². The van der Waals surface area contributed by atoms with Crippen molar-refractivity contribution < 1.29 is 9.34 Å². The highest BCUT2D eigenvalue weighted by Gasteiger charge is 2.16. The van der Waals surface area contributed by atoms with E-state index in [1.54, 1.807) is 6.07 Å². The molecular formula is C11H8N4O3S. The van der Waals surface area contributed by atoms with Crippen LogP contribution in [0, 0.1) is 21.9 Å². The topological polar surface area (TPSA) is 101 Å². The minimum Gasteiger partial charge on any atom is -0.408 e. The van der Waals surface area contributed by atoms with Gasteiger partial charge < -0.3 is 9.40 Å². The van der Waals surface area contributed by atoms with E-state index in [2.05, 4.69) is 15.2 Å². The van der Waals surface area contributed by atoms with Gasteiger partial charge in [-0.25, -0.2) is 5.10 Å². The fourth-order valence-electron chi connectivity index (χ4n) is 1.99. The first-order chi connectivity index (χ1) is 9.06. The summed E-state index contributed by atoms with van der Waals surface area (Å²) in [5, 5.41) is 18.1. The van der Waals surface area contributed by atoms with Gasteiger partial charge in [-0.15, -0.1) is 5.10 Å². The molecule has 2 N–H and O–H groups in total. The van der Waals surface area contributed by atoms with Gasteiger partial charge in [-0.1, -0.05) is 0 Å². The van der Waals surface area contributed by atoms with Gasteiger partial charge in [0, 0.05) is 17.5 Å². The Labute approximate surface area is 111 Å². The fraction of sp³-hybridized carbons (Fsp3) is 0.0909. The molecule has 3 aromatic rings. The fourth-order valence-corrected chi connectivity index (χ4v) is 2.11. The molecule has 0 aliphatic carbocycles. The number of nitro groups is 1. The highest BCUT2D eigenvalue weighted by Crippen LogP contribution is 2.30. The van der Waals surface area contributed by atoms with Gasteiger partial charge in [-0.05, 0) is 30.8 Å². The molecule has 0 aliphatic rings. The number of aromatic nitrogens is 3. The van der Waals surface area contributed by atoms with Crippen LogP contribution in [0.25, 0.3) is 22.5 Å². The molecule has 19 heavy (non-hydrogen) atoms. The van der Waals surface area contributed by atoms with Crippen LogP contribution >= 0.6 is 12.2 Å². The van der Waals surface area contributed by atoms with Gasteiger partial charge >= 0.3 is 0 Å². The van der Waals surface area contributed by atoms with E-state index in [4.69, 9.17) is 16.6 Å². The molecule has 0 radical (unpaired) electrons. The third-order valence-electron chi connectivity index (χ3n) is 2.90. The molecule has 0 saturated heterocycles. The number of aryl methyl sites for hydroxylation is 1. The first kappa shape index (κ1) is 11.6. The average molecular weight is 276 g/mol. The Bertz CT molecular complexity index is 845. The number of hydrogen-bond acceptors (Lipinski definition) is 5. The molecule has 0 fully saturated rings. The molecule has 2 aromatic heterocycles. The van der Waals surface area contributed by atoms with Crippen molar-refractivity contribution in [3.63, 3.8) is 0 Å². The van der Waals surface area contributed by atoms with E-state index in [1.165, 1.54) is 12.1 Å². The minimum absolute atomic E-state index is 0.0308. The van der Waals surface area contributed by atoms with Gasteiger partial charge in [-0.2, -0.15) is 0 Å². The maximum absolute atomic E-state index is 10.8. The molecule has 3 rings (SSSR count). The predicted octanol–water partition coefficient (Wildman–Crippen LogP) is 3.10. The zero-order chi connectivity index (χ0) is 13.6. The number of fused-ring (bicyclic) bond motifs is 1. The third-order valence-corrected chi connectivity index (χ3v) is 3.08. The molecule has 0 aliphatic heterocycles. The van der Waals surface area contributed by atoms with Crippen molar-refractivity contribution in [2.45, 2.75) is 6.92 Å². The van der Waals surface area contributed by atoms with Crippen LogP contribution < -0.4 is 0 Å². The lowest BCUT2D eigenvalue weighted by Gasteiger charge is -1.92. The highest BCUT2D eigenvalue weighted by atomic mass is 32.1. The molecule has 1 aromatic carbocycles. The summed E-state index contributed by atoms with van der Waals surface area (Å²) in [4.78, 5) is 13.6. The van der Waals surface area contributed by atoms with Crippen molar-refractivity contribution in [3.05, 3.63) is 38.7 Å². The number of nitro benzene ring substituents is 1. The normalized spacial score (nSPS) is 11.0. The summed E-state index contributed by atoms with van der Waals surface area (Å²) >= 11 is 4.82. The van der Waals surface area contributed by atoms with E-state index in [0.717, 1.165) is 10.9 Å². The number of aromatic amines is 2. The van der Waals surface area contributed by atoms with Crippen molar-refractivity contribution >= 4 is 28.8 Å². The second-order valence-electron chi connectivity index (χ2n) is 4.03.